The Morgan fingerprint density at radius 1 is 1.07 bits per heavy atom. The summed E-state index contributed by atoms with van der Waals surface area (Å²) in [6.07, 6.45) is 0.158. The third kappa shape index (κ3) is 7.75. The fraction of sp³-hybridized carbons (Fsp3) is 1.00. The van der Waals surface area contributed by atoms with Crippen molar-refractivity contribution in [1.82, 2.24) is 0 Å². The molecule has 5 nitrogen and oxygen atoms in total. The lowest BCUT2D eigenvalue weighted by Gasteiger charge is -2.06. The average molecular weight is 257 g/mol. The Labute approximate surface area is 91.9 Å². The Morgan fingerprint density at radius 2 is 1.53 bits per heavy atom. The van der Waals surface area contributed by atoms with Crippen LogP contribution in [-0.4, -0.2) is 45.9 Å². The van der Waals surface area contributed by atoms with Gasteiger partial charge in [-0.05, 0) is 13.3 Å². The second-order valence-electron chi connectivity index (χ2n) is 3.68. The van der Waals surface area contributed by atoms with Gasteiger partial charge in [-0.1, -0.05) is 6.92 Å². The van der Waals surface area contributed by atoms with Crippen molar-refractivity contribution in [2.24, 2.45) is 5.73 Å². The van der Waals surface area contributed by atoms with Gasteiger partial charge in [0.2, 0.25) is 0 Å². The second-order valence-corrected chi connectivity index (χ2v) is 8.38. The summed E-state index contributed by atoms with van der Waals surface area (Å²) in [6, 6.07) is -0.405. The minimum Gasteiger partial charge on any atom is -0.327 e. The van der Waals surface area contributed by atoms with E-state index in [-0.39, 0.29) is 29.4 Å². The van der Waals surface area contributed by atoms with Gasteiger partial charge in [-0.25, -0.2) is 16.8 Å². The molecule has 0 aliphatic rings. The SMILES string of the molecule is CCS(=O)(=O)CCCS(=O)(=O)CC(C)N. The van der Waals surface area contributed by atoms with Crippen molar-refractivity contribution in [3.63, 3.8) is 0 Å². The van der Waals surface area contributed by atoms with Crippen molar-refractivity contribution >= 4 is 19.7 Å². The Kier molecular flexibility index (Phi) is 5.76. The zero-order valence-electron chi connectivity index (χ0n) is 9.14. The van der Waals surface area contributed by atoms with E-state index in [0.29, 0.717) is 0 Å². The van der Waals surface area contributed by atoms with Gasteiger partial charge in [0.1, 0.15) is 9.84 Å². The van der Waals surface area contributed by atoms with Gasteiger partial charge in [0.25, 0.3) is 0 Å². The zero-order chi connectivity index (χ0) is 12.1. The molecule has 0 aromatic rings. The molecule has 1 atom stereocenters. The highest BCUT2D eigenvalue weighted by atomic mass is 32.2. The number of hydrogen-bond acceptors (Lipinski definition) is 5. The molecule has 0 spiro atoms. The number of sulfone groups is 2. The molecule has 7 heteroatoms. The molecular weight excluding hydrogens is 238 g/mol. The summed E-state index contributed by atoms with van der Waals surface area (Å²) in [4.78, 5) is 0. The minimum absolute atomic E-state index is 0.0559. The lowest BCUT2D eigenvalue weighted by molar-refractivity contribution is 0.586. The zero-order valence-corrected chi connectivity index (χ0v) is 10.8. The highest BCUT2D eigenvalue weighted by molar-refractivity contribution is 7.92. The van der Waals surface area contributed by atoms with Crippen LogP contribution in [0.15, 0.2) is 0 Å². The molecule has 0 rings (SSSR count). The maximum absolute atomic E-state index is 11.3. The third-order valence-electron chi connectivity index (χ3n) is 1.87. The summed E-state index contributed by atoms with van der Waals surface area (Å²) in [5, 5.41) is 0. The summed E-state index contributed by atoms with van der Waals surface area (Å²) < 4.78 is 44.9. The fourth-order valence-corrected chi connectivity index (χ4v) is 3.73. The molecule has 0 aliphatic heterocycles. The molecule has 0 aromatic carbocycles. The summed E-state index contributed by atoms with van der Waals surface area (Å²) in [5.41, 5.74) is 5.36. The van der Waals surface area contributed by atoms with Crippen molar-refractivity contribution in [3.05, 3.63) is 0 Å². The molecule has 0 fully saturated rings. The number of hydrogen-bond donors (Lipinski definition) is 1. The van der Waals surface area contributed by atoms with Gasteiger partial charge < -0.3 is 5.73 Å². The van der Waals surface area contributed by atoms with Crippen LogP contribution in [0.25, 0.3) is 0 Å². The largest absolute Gasteiger partial charge is 0.327 e. The van der Waals surface area contributed by atoms with Crippen molar-refractivity contribution < 1.29 is 16.8 Å². The van der Waals surface area contributed by atoms with Gasteiger partial charge in [-0.15, -0.1) is 0 Å². The summed E-state index contributed by atoms with van der Waals surface area (Å²) >= 11 is 0. The summed E-state index contributed by atoms with van der Waals surface area (Å²) in [6.45, 7) is 3.16. The predicted molar refractivity (Wildman–Crippen MR) is 61.2 cm³/mol. The first-order valence-electron chi connectivity index (χ1n) is 4.85. The minimum atomic E-state index is -3.20. The maximum Gasteiger partial charge on any atom is 0.151 e. The van der Waals surface area contributed by atoms with Crippen LogP contribution in [0.4, 0.5) is 0 Å². The monoisotopic (exact) mass is 257 g/mol. The Hall–Kier alpha value is -0.140. The van der Waals surface area contributed by atoms with E-state index in [1.807, 2.05) is 0 Å². The van der Waals surface area contributed by atoms with E-state index in [9.17, 15) is 16.8 Å². The van der Waals surface area contributed by atoms with Crippen LogP contribution in [0, 0.1) is 0 Å². The lowest BCUT2D eigenvalue weighted by atomic mass is 10.4. The maximum atomic E-state index is 11.3. The van der Waals surface area contributed by atoms with Crippen molar-refractivity contribution in [1.29, 1.82) is 0 Å². The van der Waals surface area contributed by atoms with Crippen LogP contribution in [0.3, 0.4) is 0 Å². The highest BCUT2D eigenvalue weighted by Gasteiger charge is 2.15. The fourth-order valence-electron chi connectivity index (χ4n) is 1.13. The number of nitrogens with two attached hydrogens (primary N) is 1. The normalized spacial score (nSPS) is 15.1. The molecule has 15 heavy (non-hydrogen) atoms. The molecule has 0 radical (unpaired) electrons. The standard InChI is InChI=1S/C8H19NO4S2/c1-3-14(10,11)5-4-6-15(12,13)7-8(2)9/h8H,3-7,9H2,1-2H3. The Morgan fingerprint density at radius 3 is 1.93 bits per heavy atom. The summed E-state index contributed by atoms with van der Waals surface area (Å²) in [5.74, 6) is -0.199. The predicted octanol–water partition coefficient (Wildman–Crippen LogP) is -0.427. The van der Waals surface area contributed by atoms with Crippen LogP contribution in [0.2, 0.25) is 0 Å². The molecule has 0 aromatic heterocycles. The van der Waals surface area contributed by atoms with Crippen molar-refractivity contribution in [2.45, 2.75) is 26.3 Å². The van der Waals surface area contributed by atoms with Crippen LogP contribution in [0.1, 0.15) is 20.3 Å². The molecular formula is C8H19NO4S2. The Balaban J connectivity index is 4.08. The van der Waals surface area contributed by atoms with E-state index in [2.05, 4.69) is 0 Å². The molecule has 0 saturated heterocycles. The van der Waals surface area contributed by atoms with E-state index < -0.39 is 25.7 Å². The van der Waals surface area contributed by atoms with Gasteiger partial charge >= 0.3 is 0 Å². The first-order chi connectivity index (χ1) is 6.68. The van der Waals surface area contributed by atoms with Crippen LogP contribution in [0.5, 0.6) is 0 Å². The smallest absolute Gasteiger partial charge is 0.151 e. The molecule has 0 saturated carbocycles. The number of rotatable bonds is 7. The van der Waals surface area contributed by atoms with Gasteiger partial charge in [0.05, 0.1) is 17.3 Å². The lowest BCUT2D eigenvalue weighted by Crippen LogP contribution is -2.28. The van der Waals surface area contributed by atoms with Crippen LogP contribution < -0.4 is 5.73 Å². The van der Waals surface area contributed by atoms with Gasteiger partial charge in [-0.3, -0.25) is 0 Å². The molecule has 0 amide bonds. The van der Waals surface area contributed by atoms with E-state index >= 15 is 0 Å². The van der Waals surface area contributed by atoms with E-state index in [1.165, 1.54) is 0 Å². The summed E-state index contributed by atoms with van der Waals surface area (Å²) in [7, 11) is -6.27. The third-order valence-corrected chi connectivity index (χ3v) is 5.60. The average Bonchev–Trinajstić information content (AvgIpc) is 2.00. The Bertz CT molecular complexity index is 369. The molecule has 0 bridgehead atoms. The van der Waals surface area contributed by atoms with Gasteiger partial charge in [0.15, 0.2) is 9.84 Å². The van der Waals surface area contributed by atoms with Crippen LogP contribution >= 0.6 is 0 Å². The quantitative estimate of drug-likeness (QED) is 0.668. The van der Waals surface area contributed by atoms with Crippen molar-refractivity contribution in [3.8, 4) is 0 Å². The van der Waals surface area contributed by atoms with Crippen molar-refractivity contribution in [2.75, 3.05) is 23.0 Å². The first kappa shape index (κ1) is 14.9. The van der Waals surface area contributed by atoms with E-state index in [4.69, 9.17) is 5.73 Å². The highest BCUT2D eigenvalue weighted by Crippen LogP contribution is 2.00. The topological polar surface area (TPSA) is 94.3 Å². The molecule has 1 unspecified atom stereocenters. The van der Waals surface area contributed by atoms with Crippen LogP contribution in [-0.2, 0) is 19.7 Å². The molecule has 2 N–H and O–H groups in total. The van der Waals surface area contributed by atoms with E-state index in [0.717, 1.165) is 0 Å². The molecule has 0 aliphatic carbocycles. The van der Waals surface area contributed by atoms with Gasteiger partial charge in [0, 0.05) is 11.8 Å². The van der Waals surface area contributed by atoms with Gasteiger partial charge in [-0.2, -0.15) is 0 Å². The molecule has 92 valence electrons. The second kappa shape index (κ2) is 5.81. The first-order valence-corrected chi connectivity index (χ1v) is 8.49. The molecule has 0 heterocycles. The van der Waals surface area contributed by atoms with E-state index in [1.54, 1.807) is 13.8 Å².